The molecule has 0 aliphatic carbocycles. The first kappa shape index (κ1) is 19.4. The first-order chi connectivity index (χ1) is 10.2. The Morgan fingerprint density at radius 3 is 2.23 bits per heavy atom. The van der Waals surface area contributed by atoms with Crippen molar-refractivity contribution in [3.05, 3.63) is 0 Å². The fraction of sp³-hybridized carbons (Fsp3) is 0.938. The van der Waals surface area contributed by atoms with E-state index in [-0.39, 0.29) is 17.6 Å². The molecule has 1 amide bonds. The van der Waals surface area contributed by atoms with Crippen LogP contribution in [0.1, 0.15) is 53.4 Å². The second-order valence-corrected chi connectivity index (χ2v) is 9.13. The van der Waals surface area contributed by atoms with E-state index in [1.807, 2.05) is 0 Å². The molecule has 0 aromatic carbocycles. The van der Waals surface area contributed by atoms with Crippen molar-refractivity contribution in [1.29, 1.82) is 0 Å². The van der Waals surface area contributed by atoms with Crippen molar-refractivity contribution in [1.82, 2.24) is 9.62 Å². The van der Waals surface area contributed by atoms with Crippen LogP contribution in [-0.4, -0.2) is 44.6 Å². The van der Waals surface area contributed by atoms with Crippen LogP contribution in [0.25, 0.3) is 0 Å². The molecule has 130 valence electrons. The van der Waals surface area contributed by atoms with Gasteiger partial charge in [-0.3, -0.25) is 9.52 Å². The average Bonchev–Trinajstić information content (AvgIpc) is 2.37. The fourth-order valence-electron chi connectivity index (χ4n) is 2.86. The average molecular weight is 333 g/mol. The van der Waals surface area contributed by atoms with E-state index in [0.717, 1.165) is 38.9 Å². The van der Waals surface area contributed by atoms with Crippen LogP contribution >= 0.6 is 0 Å². The van der Waals surface area contributed by atoms with Crippen LogP contribution in [-0.2, 0) is 14.8 Å². The largest absolute Gasteiger partial charge is 0.303 e. The first-order valence-electron chi connectivity index (χ1n) is 8.46. The highest BCUT2D eigenvalue weighted by Crippen LogP contribution is 2.18. The summed E-state index contributed by atoms with van der Waals surface area (Å²) >= 11 is 0. The lowest BCUT2D eigenvalue weighted by Gasteiger charge is -2.32. The molecule has 1 aliphatic heterocycles. The van der Waals surface area contributed by atoms with Crippen molar-refractivity contribution in [2.24, 2.45) is 17.8 Å². The molecule has 1 heterocycles. The Hall–Kier alpha value is -0.620. The van der Waals surface area contributed by atoms with Crippen molar-refractivity contribution in [3.63, 3.8) is 0 Å². The van der Waals surface area contributed by atoms with Crippen LogP contribution in [0.3, 0.4) is 0 Å². The highest BCUT2D eigenvalue weighted by molar-refractivity contribution is 7.90. The third kappa shape index (κ3) is 7.58. The summed E-state index contributed by atoms with van der Waals surface area (Å²) in [7, 11) is -3.47. The molecule has 1 aliphatic rings. The number of hydrogen-bond donors (Lipinski definition) is 1. The van der Waals surface area contributed by atoms with Crippen molar-refractivity contribution >= 4 is 15.9 Å². The molecule has 5 nitrogen and oxygen atoms in total. The third-order valence-electron chi connectivity index (χ3n) is 4.03. The summed E-state index contributed by atoms with van der Waals surface area (Å²) in [6.45, 7) is 11.3. The zero-order chi connectivity index (χ0) is 16.8. The molecular weight excluding hydrogens is 300 g/mol. The number of hydrogen-bond acceptors (Lipinski definition) is 4. The molecule has 0 saturated carbocycles. The van der Waals surface area contributed by atoms with Crippen LogP contribution in [0.15, 0.2) is 0 Å². The van der Waals surface area contributed by atoms with E-state index in [2.05, 4.69) is 37.3 Å². The number of carbonyl (C=O) groups is 1. The maximum absolute atomic E-state index is 12.1. The fourth-order valence-corrected chi connectivity index (χ4v) is 3.99. The van der Waals surface area contributed by atoms with Crippen LogP contribution in [0, 0.1) is 17.8 Å². The molecule has 0 atom stereocenters. The number of likely N-dealkylation sites (tertiary alicyclic amines) is 1. The topological polar surface area (TPSA) is 66.5 Å². The van der Waals surface area contributed by atoms with Gasteiger partial charge in [-0.25, -0.2) is 8.42 Å². The summed E-state index contributed by atoms with van der Waals surface area (Å²) in [6.07, 6.45) is 2.97. The quantitative estimate of drug-likeness (QED) is 0.740. The van der Waals surface area contributed by atoms with Crippen molar-refractivity contribution in [2.45, 2.75) is 53.4 Å². The van der Waals surface area contributed by atoms with Crippen LogP contribution in [0.4, 0.5) is 0 Å². The second kappa shape index (κ2) is 8.87. The van der Waals surface area contributed by atoms with E-state index in [1.165, 1.54) is 0 Å². The lowest BCUT2D eigenvalue weighted by atomic mass is 9.96. The molecule has 1 saturated heterocycles. The minimum atomic E-state index is -3.47. The van der Waals surface area contributed by atoms with Gasteiger partial charge in [0.2, 0.25) is 15.9 Å². The molecule has 22 heavy (non-hydrogen) atoms. The van der Waals surface area contributed by atoms with Gasteiger partial charge in [0, 0.05) is 12.5 Å². The Labute approximate surface area is 135 Å². The molecule has 0 radical (unpaired) electrons. The maximum Gasteiger partial charge on any atom is 0.236 e. The van der Waals surface area contributed by atoms with E-state index in [4.69, 9.17) is 0 Å². The van der Waals surface area contributed by atoms with E-state index < -0.39 is 10.0 Å². The van der Waals surface area contributed by atoms with Gasteiger partial charge in [-0.05, 0) is 50.6 Å². The molecule has 6 heteroatoms. The maximum atomic E-state index is 12.1. The van der Waals surface area contributed by atoms with Gasteiger partial charge in [0.05, 0.1) is 5.75 Å². The minimum absolute atomic E-state index is 0.0448. The monoisotopic (exact) mass is 332 g/mol. The summed E-state index contributed by atoms with van der Waals surface area (Å²) in [4.78, 5) is 14.5. The summed E-state index contributed by atoms with van der Waals surface area (Å²) in [6, 6.07) is 0. The van der Waals surface area contributed by atoms with Gasteiger partial charge >= 0.3 is 0 Å². The molecule has 1 fully saturated rings. The number of rotatable bonds is 8. The summed E-state index contributed by atoms with van der Waals surface area (Å²) in [5.74, 6) is 0.670. The van der Waals surface area contributed by atoms with Gasteiger partial charge in [-0.15, -0.1) is 0 Å². The van der Waals surface area contributed by atoms with E-state index in [1.54, 1.807) is 0 Å². The molecule has 1 N–H and O–H groups in total. The highest BCUT2D eigenvalue weighted by atomic mass is 32.2. The van der Waals surface area contributed by atoms with Gasteiger partial charge in [0.15, 0.2) is 0 Å². The predicted octanol–water partition coefficient (Wildman–Crippen LogP) is 2.24. The predicted molar refractivity (Wildman–Crippen MR) is 90.0 cm³/mol. The summed E-state index contributed by atoms with van der Waals surface area (Å²) < 4.78 is 26.1. The smallest absolute Gasteiger partial charge is 0.236 e. The van der Waals surface area contributed by atoms with Crippen molar-refractivity contribution < 1.29 is 13.2 Å². The van der Waals surface area contributed by atoms with Crippen LogP contribution in [0.2, 0.25) is 0 Å². The number of nitrogens with zero attached hydrogens (tertiary/aromatic N) is 1. The summed E-state index contributed by atoms with van der Waals surface area (Å²) in [5.41, 5.74) is 0. The third-order valence-corrected chi connectivity index (χ3v) is 5.37. The zero-order valence-corrected chi connectivity index (χ0v) is 15.3. The molecule has 0 unspecified atom stereocenters. The first-order valence-corrected chi connectivity index (χ1v) is 10.1. The second-order valence-electron chi connectivity index (χ2n) is 7.29. The lowest BCUT2D eigenvalue weighted by Crippen LogP contribution is -2.43. The molecular formula is C16H32N2O3S. The van der Waals surface area contributed by atoms with Gasteiger partial charge < -0.3 is 4.90 Å². The highest BCUT2D eigenvalue weighted by Gasteiger charge is 2.27. The van der Waals surface area contributed by atoms with Gasteiger partial charge in [0.25, 0.3) is 0 Å². The number of nitrogens with one attached hydrogen (secondary N) is 1. The van der Waals surface area contributed by atoms with Crippen molar-refractivity contribution in [3.8, 4) is 0 Å². The van der Waals surface area contributed by atoms with Gasteiger partial charge in [0.1, 0.15) is 0 Å². The van der Waals surface area contributed by atoms with Crippen LogP contribution < -0.4 is 4.72 Å². The number of amides is 1. The Balaban J connectivity index is 2.36. The number of sulfonamides is 1. The normalized spacial score (nSPS) is 18.1. The lowest BCUT2D eigenvalue weighted by molar-refractivity contribution is -0.124. The van der Waals surface area contributed by atoms with Crippen molar-refractivity contribution in [2.75, 3.05) is 25.4 Å². The Kier molecular flexibility index (Phi) is 7.83. The van der Waals surface area contributed by atoms with Gasteiger partial charge in [-0.1, -0.05) is 27.7 Å². The standard InChI is InChI=1S/C16H32N2O3S/c1-13(2)6-5-11-22(20,21)17-16(19)15-7-9-18(10-8-15)12-14(3)4/h13-15H,5-12H2,1-4H3,(H,17,19). The Bertz CT molecular complexity index is 438. The SMILES string of the molecule is CC(C)CCCS(=O)(=O)NC(=O)C1CCN(CC(C)C)CC1. The molecule has 0 aromatic rings. The molecule has 0 aromatic heterocycles. The van der Waals surface area contributed by atoms with E-state index >= 15 is 0 Å². The zero-order valence-electron chi connectivity index (χ0n) is 14.5. The number of piperidine rings is 1. The Morgan fingerprint density at radius 2 is 1.73 bits per heavy atom. The minimum Gasteiger partial charge on any atom is -0.303 e. The molecule has 0 bridgehead atoms. The number of carbonyl (C=O) groups excluding carboxylic acids is 1. The van der Waals surface area contributed by atoms with Crippen LogP contribution in [0.5, 0.6) is 0 Å². The Morgan fingerprint density at radius 1 is 1.14 bits per heavy atom. The van der Waals surface area contributed by atoms with Gasteiger partial charge in [-0.2, -0.15) is 0 Å². The summed E-state index contributed by atoms with van der Waals surface area (Å²) in [5, 5.41) is 0. The molecule has 0 spiro atoms. The molecule has 1 rings (SSSR count). The van der Waals surface area contributed by atoms with E-state index in [0.29, 0.717) is 18.3 Å². The van der Waals surface area contributed by atoms with E-state index in [9.17, 15) is 13.2 Å².